The van der Waals surface area contributed by atoms with E-state index in [1.54, 1.807) is 17.2 Å². The lowest BCUT2D eigenvalue weighted by atomic mass is 10.1. The molecule has 1 fully saturated rings. The van der Waals surface area contributed by atoms with Gasteiger partial charge in [0.05, 0.1) is 24.0 Å². The van der Waals surface area contributed by atoms with Crippen molar-refractivity contribution in [1.82, 2.24) is 29.9 Å². The van der Waals surface area contributed by atoms with E-state index in [0.717, 1.165) is 41.6 Å². The van der Waals surface area contributed by atoms with Crippen LogP contribution in [0.1, 0.15) is 72.2 Å². The van der Waals surface area contributed by atoms with Crippen LogP contribution in [0.5, 0.6) is 0 Å². The first-order valence-corrected chi connectivity index (χ1v) is 9.91. The third-order valence-electron chi connectivity index (χ3n) is 5.34. The Kier molecular flexibility index (Phi) is 5.23. The van der Waals surface area contributed by atoms with Gasteiger partial charge >= 0.3 is 0 Å². The van der Waals surface area contributed by atoms with Crippen LogP contribution < -0.4 is 5.32 Å². The zero-order chi connectivity index (χ0) is 19.5. The van der Waals surface area contributed by atoms with Gasteiger partial charge in [-0.05, 0) is 37.3 Å². The highest BCUT2D eigenvalue weighted by atomic mass is 16.1. The van der Waals surface area contributed by atoms with Gasteiger partial charge < -0.3 is 5.32 Å². The minimum atomic E-state index is -0.0388. The third kappa shape index (κ3) is 3.98. The number of aromatic nitrogens is 5. The summed E-state index contributed by atoms with van der Waals surface area (Å²) < 4.78 is 3.83. The number of nitrogens with one attached hydrogen (secondary N) is 1. The van der Waals surface area contributed by atoms with Crippen molar-refractivity contribution in [1.29, 1.82) is 0 Å². The van der Waals surface area contributed by atoms with Crippen molar-refractivity contribution in [3.8, 4) is 0 Å². The molecule has 2 heterocycles. The molecule has 1 amide bonds. The summed E-state index contributed by atoms with van der Waals surface area (Å²) in [5.74, 6) is 0.441. The standard InChI is InChI=1S/C21H26N6O/c1-3-15(2)27-20(18-8-9-18)19(11-24-27)21(28)23-10-16-4-6-17(7-5-16)12-26-14-22-13-25-26/h4-7,11,13-15,18H,3,8-10,12H2,1-2H3,(H,23,28)/t15-/m0/s1. The largest absolute Gasteiger partial charge is 0.348 e. The Hall–Kier alpha value is -2.96. The van der Waals surface area contributed by atoms with Crippen LogP contribution in [0.15, 0.2) is 43.1 Å². The van der Waals surface area contributed by atoms with Crippen LogP contribution in [-0.4, -0.2) is 30.5 Å². The van der Waals surface area contributed by atoms with Gasteiger partial charge in [-0.3, -0.25) is 9.48 Å². The van der Waals surface area contributed by atoms with Crippen LogP contribution in [0.4, 0.5) is 0 Å². The topological polar surface area (TPSA) is 77.6 Å². The highest BCUT2D eigenvalue weighted by Crippen LogP contribution is 2.42. The second-order valence-electron chi connectivity index (χ2n) is 7.51. The third-order valence-corrected chi connectivity index (χ3v) is 5.34. The summed E-state index contributed by atoms with van der Waals surface area (Å²) >= 11 is 0. The van der Waals surface area contributed by atoms with Crippen molar-refractivity contribution in [2.75, 3.05) is 0 Å². The van der Waals surface area contributed by atoms with Crippen molar-refractivity contribution in [2.24, 2.45) is 0 Å². The molecule has 7 heteroatoms. The van der Waals surface area contributed by atoms with Gasteiger partial charge in [-0.1, -0.05) is 31.2 Å². The van der Waals surface area contributed by atoms with Gasteiger partial charge in [-0.25, -0.2) is 9.67 Å². The fourth-order valence-electron chi connectivity index (χ4n) is 3.38. The first-order chi connectivity index (χ1) is 13.7. The molecule has 2 aromatic heterocycles. The summed E-state index contributed by atoms with van der Waals surface area (Å²) in [5.41, 5.74) is 4.05. The molecule has 1 saturated carbocycles. The molecule has 1 aliphatic carbocycles. The molecule has 4 rings (SSSR count). The van der Waals surface area contributed by atoms with Crippen molar-refractivity contribution in [3.05, 3.63) is 65.5 Å². The second-order valence-corrected chi connectivity index (χ2v) is 7.51. The summed E-state index contributed by atoms with van der Waals surface area (Å²) in [5, 5.41) is 11.7. The average molecular weight is 378 g/mol. The minimum absolute atomic E-state index is 0.0388. The molecule has 7 nitrogen and oxygen atoms in total. The fraction of sp³-hybridized carbons (Fsp3) is 0.429. The zero-order valence-corrected chi connectivity index (χ0v) is 16.4. The molecule has 0 bridgehead atoms. The molecule has 1 aliphatic rings. The SMILES string of the molecule is CC[C@H](C)n1ncc(C(=O)NCc2ccc(Cn3cncn3)cc2)c1C1CC1. The van der Waals surface area contributed by atoms with Crippen LogP contribution in [0.3, 0.4) is 0 Å². The number of nitrogens with zero attached hydrogens (tertiary/aromatic N) is 5. The minimum Gasteiger partial charge on any atom is -0.348 e. The molecule has 0 saturated heterocycles. The van der Waals surface area contributed by atoms with Crippen molar-refractivity contribution < 1.29 is 4.79 Å². The van der Waals surface area contributed by atoms with E-state index >= 15 is 0 Å². The fourth-order valence-corrected chi connectivity index (χ4v) is 3.38. The van der Waals surface area contributed by atoms with Crippen LogP contribution in [0.2, 0.25) is 0 Å². The van der Waals surface area contributed by atoms with E-state index in [4.69, 9.17) is 0 Å². The molecule has 0 aliphatic heterocycles. The molecule has 0 unspecified atom stereocenters. The van der Waals surface area contributed by atoms with E-state index in [2.05, 4.69) is 46.5 Å². The maximum atomic E-state index is 12.8. The molecule has 3 aromatic rings. The number of hydrogen-bond acceptors (Lipinski definition) is 4. The van der Waals surface area contributed by atoms with Crippen LogP contribution >= 0.6 is 0 Å². The van der Waals surface area contributed by atoms with Gasteiger partial charge in [0, 0.05) is 18.5 Å². The van der Waals surface area contributed by atoms with Gasteiger partial charge in [-0.15, -0.1) is 0 Å². The smallest absolute Gasteiger partial charge is 0.255 e. The number of carbonyl (C=O) groups is 1. The van der Waals surface area contributed by atoms with E-state index in [-0.39, 0.29) is 5.91 Å². The van der Waals surface area contributed by atoms with Crippen LogP contribution in [0.25, 0.3) is 0 Å². The van der Waals surface area contributed by atoms with Crippen LogP contribution in [-0.2, 0) is 13.1 Å². The lowest BCUT2D eigenvalue weighted by Crippen LogP contribution is -2.24. The van der Waals surface area contributed by atoms with E-state index in [1.165, 1.54) is 6.33 Å². The molecule has 28 heavy (non-hydrogen) atoms. The van der Waals surface area contributed by atoms with E-state index in [9.17, 15) is 4.79 Å². The number of carbonyl (C=O) groups excluding carboxylic acids is 1. The summed E-state index contributed by atoms with van der Waals surface area (Å²) in [7, 11) is 0. The quantitative estimate of drug-likeness (QED) is 0.652. The summed E-state index contributed by atoms with van der Waals surface area (Å²) in [6.45, 7) is 5.49. The van der Waals surface area contributed by atoms with Crippen LogP contribution in [0, 0.1) is 0 Å². The lowest BCUT2D eigenvalue weighted by molar-refractivity contribution is 0.0949. The van der Waals surface area contributed by atoms with Crippen molar-refractivity contribution in [3.63, 3.8) is 0 Å². The number of hydrogen-bond donors (Lipinski definition) is 1. The molecule has 146 valence electrons. The Morgan fingerprint density at radius 3 is 2.61 bits per heavy atom. The summed E-state index contributed by atoms with van der Waals surface area (Å²) in [4.78, 5) is 16.7. The molecular formula is C21H26N6O. The van der Waals surface area contributed by atoms with Gasteiger partial charge in [-0.2, -0.15) is 10.2 Å². The maximum absolute atomic E-state index is 12.8. The van der Waals surface area contributed by atoms with Gasteiger partial charge in [0.2, 0.25) is 0 Å². The van der Waals surface area contributed by atoms with Gasteiger partial charge in [0.15, 0.2) is 0 Å². The molecule has 1 atom stereocenters. The average Bonchev–Trinajstić information content (AvgIpc) is 3.24. The summed E-state index contributed by atoms with van der Waals surface area (Å²) in [6.07, 6.45) is 8.26. The van der Waals surface area contributed by atoms with Crippen molar-refractivity contribution in [2.45, 2.75) is 58.2 Å². The van der Waals surface area contributed by atoms with Gasteiger partial charge in [0.1, 0.15) is 12.7 Å². The Morgan fingerprint density at radius 1 is 1.21 bits per heavy atom. The molecular weight excluding hydrogens is 352 g/mol. The highest BCUT2D eigenvalue weighted by molar-refractivity contribution is 5.95. The molecule has 1 N–H and O–H groups in total. The van der Waals surface area contributed by atoms with E-state index in [0.29, 0.717) is 25.0 Å². The molecule has 1 aromatic carbocycles. The van der Waals surface area contributed by atoms with Crippen molar-refractivity contribution >= 4 is 5.91 Å². The Balaban J connectivity index is 1.40. The summed E-state index contributed by atoms with van der Waals surface area (Å²) in [6, 6.07) is 8.50. The van der Waals surface area contributed by atoms with E-state index < -0.39 is 0 Å². The zero-order valence-electron chi connectivity index (χ0n) is 16.4. The Morgan fingerprint density at radius 2 is 1.96 bits per heavy atom. The first kappa shape index (κ1) is 18.4. The number of rotatable bonds is 8. The normalized spacial score (nSPS) is 14.8. The maximum Gasteiger partial charge on any atom is 0.255 e. The Labute approximate surface area is 164 Å². The van der Waals surface area contributed by atoms with E-state index in [1.807, 2.05) is 16.8 Å². The Bertz CT molecular complexity index is 924. The number of amides is 1. The molecule has 0 spiro atoms. The monoisotopic (exact) mass is 378 g/mol. The first-order valence-electron chi connectivity index (χ1n) is 9.91. The second kappa shape index (κ2) is 7.96. The van der Waals surface area contributed by atoms with Gasteiger partial charge in [0.25, 0.3) is 5.91 Å². The number of benzene rings is 1. The predicted octanol–water partition coefficient (Wildman–Crippen LogP) is 3.30. The predicted molar refractivity (Wildman–Crippen MR) is 106 cm³/mol. The molecule has 0 radical (unpaired) electrons. The lowest BCUT2D eigenvalue weighted by Gasteiger charge is -2.14. The highest BCUT2D eigenvalue weighted by Gasteiger charge is 2.33.